The zero-order valence-electron chi connectivity index (χ0n) is 10.8. The summed E-state index contributed by atoms with van der Waals surface area (Å²) in [7, 11) is 0. The summed E-state index contributed by atoms with van der Waals surface area (Å²) in [5.41, 5.74) is 9.79. The van der Waals surface area contributed by atoms with Crippen LogP contribution in [-0.4, -0.2) is 11.3 Å². The molecule has 2 heteroatoms. The first kappa shape index (κ1) is 11.2. The molecule has 86 valence electrons. The molecule has 0 saturated heterocycles. The van der Waals surface area contributed by atoms with E-state index < -0.39 is 0 Å². The van der Waals surface area contributed by atoms with Gasteiger partial charge in [0.05, 0.1) is 11.3 Å². The van der Waals surface area contributed by atoms with Gasteiger partial charge in [-0.25, -0.2) is 0 Å². The molecule has 0 bridgehead atoms. The average Bonchev–Trinajstić information content (AvgIpc) is 2.52. The van der Waals surface area contributed by atoms with Crippen LogP contribution in [0.3, 0.4) is 0 Å². The summed E-state index contributed by atoms with van der Waals surface area (Å²) in [6.45, 7) is 10.8. The number of benzene rings is 1. The summed E-state index contributed by atoms with van der Waals surface area (Å²) >= 11 is 0. The molecule has 1 aliphatic heterocycles. The van der Waals surface area contributed by atoms with E-state index in [0.29, 0.717) is 0 Å². The van der Waals surface area contributed by atoms with E-state index in [1.807, 2.05) is 0 Å². The van der Waals surface area contributed by atoms with E-state index in [-0.39, 0.29) is 5.54 Å². The lowest BCUT2D eigenvalue weighted by Gasteiger charge is -2.16. The third-order valence-electron chi connectivity index (χ3n) is 3.25. The van der Waals surface area contributed by atoms with Crippen LogP contribution in [-0.2, 0) is 0 Å². The van der Waals surface area contributed by atoms with E-state index in [0.717, 1.165) is 6.42 Å². The second-order valence-corrected chi connectivity index (χ2v) is 5.48. The molecular weight excluding hydrogens is 196 g/mol. The number of hydrogen-bond acceptors (Lipinski definition) is 2. The minimum absolute atomic E-state index is 0.0978. The fourth-order valence-corrected chi connectivity index (χ4v) is 2.14. The molecule has 0 fully saturated rings. The van der Waals surface area contributed by atoms with Gasteiger partial charge in [-0.05, 0) is 57.4 Å². The lowest BCUT2D eigenvalue weighted by molar-refractivity contribution is 0.446. The van der Waals surface area contributed by atoms with E-state index in [4.69, 9.17) is 0 Å². The van der Waals surface area contributed by atoms with Crippen LogP contribution in [0.4, 0.5) is 0 Å². The van der Waals surface area contributed by atoms with Crippen molar-refractivity contribution in [3.63, 3.8) is 0 Å². The maximum atomic E-state index is 4.46. The quantitative estimate of drug-likeness (QED) is 0.766. The van der Waals surface area contributed by atoms with E-state index in [1.54, 1.807) is 0 Å². The maximum absolute atomic E-state index is 4.46. The molecule has 0 radical (unpaired) electrons. The Balaban J connectivity index is 2.39. The number of aryl methyl sites for hydroxylation is 3. The normalized spacial score (nSPS) is 18.2. The molecule has 1 heterocycles. The first-order valence-electron chi connectivity index (χ1n) is 5.81. The van der Waals surface area contributed by atoms with Gasteiger partial charge in [0.2, 0.25) is 0 Å². The summed E-state index contributed by atoms with van der Waals surface area (Å²) in [4.78, 5) is 0. The van der Waals surface area contributed by atoms with E-state index >= 15 is 0 Å². The highest BCUT2D eigenvalue weighted by Gasteiger charge is 2.27. The highest BCUT2D eigenvalue weighted by Crippen LogP contribution is 2.24. The minimum Gasteiger partial charge on any atom is -0.304 e. The summed E-state index contributed by atoms with van der Waals surface area (Å²) in [6, 6.07) is 4.51. The monoisotopic (exact) mass is 216 g/mol. The van der Waals surface area contributed by atoms with Gasteiger partial charge >= 0.3 is 0 Å². The van der Waals surface area contributed by atoms with Gasteiger partial charge in [0.1, 0.15) is 0 Å². The third-order valence-corrected chi connectivity index (χ3v) is 3.25. The van der Waals surface area contributed by atoms with Crippen LogP contribution in [0.5, 0.6) is 0 Å². The van der Waals surface area contributed by atoms with Gasteiger partial charge in [0, 0.05) is 12.0 Å². The van der Waals surface area contributed by atoms with Crippen molar-refractivity contribution in [3.8, 4) is 0 Å². The van der Waals surface area contributed by atoms with Gasteiger partial charge in [-0.15, -0.1) is 0 Å². The molecule has 0 aromatic heterocycles. The van der Waals surface area contributed by atoms with Crippen LogP contribution in [0.15, 0.2) is 17.2 Å². The molecule has 0 atom stereocenters. The van der Waals surface area contributed by atoms with Crippen molar-refractivity contribution in [1.29, 1.82) is 0 Å². The lowest BCUT2D eigenvalue weighted by Crippen LogP contribution is -2.30. The molecule has 1 N–H and O–H groups in total. The first-order chi connectivity index (χ1) is 7.39. The molecule has 1 aromatic carbocycles. The Labute approximate surface area is 97.8 Å². The van der Waals surface area contributed by atoms with Crippen LogP contribution in [0.2, 0.25) is 0 Å². The van der Waals surface area contributed by atoms with Crippen LogP contribution < -0.4 is 5.43 Å². The predicted molar refractivity (Wildman–Crippen MR) is 69.0 cm³/mol. The lowest BCUT2D eigenvalue weighted by atomic mass is 9.91. The van der Waals surface area contributed by atoms with Gasteiger partial charge in [0.15, 0.2) is 0 Å². The van der Waals surface area contributed by atoms with Gasteiger partial charge < -0.3 is 5.43 Å². The molecule has 16 heavy (non-hydrogen) atoms. The smallest absolute Gasteiger partial charge is 0.0701 e. The Kier molecular flexibility index (Phi) is 2.53. The van der Waals surface area contributed by atoms with Gasteiger partial charge in [-0.2, -0.15) is 5.10 Å². The van der Waals surface area contributed by atoms with E-state index in [9.17, 15) is 0 Å². The summed E-state index contributed by atoms with van der Waals surface area (Å²) in [5, 5.41) is 4.46. The second kappa shape index (κ2) is 3.62. The zero-order valence-corrected chi connectivity index (χ0v) is 10.8. The van der Waals surface area contributed by atoms with Crippen molar-refractivity contribution < 1.29 is 0 Å². The Morgan fingerprint density at radius 3 is 2.25 bits per heavy atom. The van der Waals surface area contributed by atoms with Crippen LogP contribution >= 0.6 is 0 Å². The Morgan fingerprint density at radius 2 is 1.69 bits per heavy atom. The van der Waals surface area contributed by atoms with Crippen molar-refractivity contribution in [2.45, 2.75) is 46.6 Å². The largest absolute Gasteiger partial charge is 0.304 e. The molecule has 0 amide bonds. The van der Waals surface area contributed by atoms with Crippen molar-refractivity contribution in [2.24, 2.45) is 5.10 Å². The molecular formula is C14H20N2. The number of nitrogens with zero attached hydrogens (tertiary/aromatic N) is 1. The first-order valence-corrected chi connectivity index (χ1v) is 5.81. The molecule has 2 nitrogen and oxygen atoms in total. The standard InChI is InChI=1S/C14H20N2/c1-9-6-11(3)12(7-10(9)2)13-8-14(4,5)16-15-13/h6-7,16H,8H2,1-5H3. The molecule has 2 rings (SSSR count). The van der Waals surface area contributed by atoms with E-state index in [1.165, 1.54) is 28.0 Å². The maximum Gasteiger partial charge on any atom is 0.0701 e. The molecule has 0 aliphatic carbocycles. The Morgan fingerprint density at radius 1 is 1.06 bits per heavy atom. The van der Waals surface area contributed by atoms with Gasteiger partial charge in [-0.3, -0.25) is 0 Å². The molecule has 1 aliphatic rings. The highest BCUT2D eigenvalue weighted by molar-refractivity contribution is 6.03. The molecule has 0 spiro atoms. The highest BCUT2D eigenvalue weighted by atomic mass is 15.4. The molecule has 0 unspecified atom stereocenters. The van der Waals surface area contributed by atoms with Crippen molar-refractivity contribution >= 4 is 5.71 Å². The third kappa shape index (κ3) is 1.97. The fraction of sp³-hybridized carbons (Fsp3) is 0.500. The summed E-state index contributed by atoms with van der Waals surface area (Å²) < 4.78 is 0. The zero-order chi connectivity index (χ0) is 11.9. The Bertz CT molecular complexity index is 456. The van der Waals surface area contributed by atoms with Gasteiger partial charge in [0.25, 0.3) is 0 Å². The molecule has 0 saturated carbocycles. The van der Waals surface area contributed by atoms with E-state index in [2.05, 4.69) is 57.3 Å². The van der Waals surface area contributed by atoms with Crippen LogP contribution in [0.25, 0.3) is 0 Å². The predicted octanol–water partition coefficient (Wildman–Crippen LogP) is 3.09. The SMILES string of the molecule is Cc1cc(C)c(C2=NNC(C)(C)C2)cc1C. The fourth-order valence-electron chi connectivity index (χ4n) is 2.14. The van der Waals surface area contributed by atoms with Crippen molar-refractivity contribution in [1.82, 2.24) is 5.43 Å². The summed E-state index contributed by atoms with van der Waals surface area (Å²) in [6.07, 6.45) is 0.996. The number of hydrogen-bond donors (Lipinski definition) is 1. The molecule has 1 aromatic rings. The summed E-state index contributed by atoms with van der Waals surface area (Å²) in [5.74, 6) is 0. The van der Waals surface area contributed by atoms with Crippen LogP contribution in [0, 0.1) is 20.8 Å². The number of nitrogens with one attached hydrogen (secondary N) is 1. The number of hydrazone groups is 1. The minimum atomic E-state index is 0.0978. The topological polar surface area (TPSA) is 24.4 Å². The number of rotatable bonds is 1. The van der Waals surface area contributed by atoms with Crippen LogP contribution in [0.1, 0.15) is 42.5 Å². The van der Waals surface area contributed by atoms with Gasteiger partial charge in [-0.1, -0.05) is 6.07 Å². The van der Waals surface area contributed by atoms with Crippen molar-refractivity contribution in [2.75, 3.05) is 0 Å². The Hall–Kier alpha value is -1.31. The van der Waals surface area contributed by atoms with Crippen molar-refractivity contribution in [3.05, 3.63) is 34.4 Å². The average molecular weight is 216 g/mol. The second-order valence-electron chi connectivity index (χ2n) is 5.48.